The van der Waals surface area contributed by atoms with Crippen LogP contribution in [0, 0.1) is 15.9 Å². The van der Waals surface area contributed by atoms with Crippen molar-refractivity contribution in [2.24, 2.45) is 0 Å². The van der Waals surface area contributed by atoms with Crippen molar-refractivity contribution in [1.29, 1.82) is 0 Å². The Morgan fingerprint density at radius 2 is 2.29 bits per heavy atom. The van der Waals surface area contributed by atoms with Crippen LogP contribution in [-0.4, -0.2) is 11.5 Å². The van der Waals surface area contributed by atoms with Crippen LogP contribution in [0.4, 0.5) is 10.1 Å². The highest BCUT2D eigenvalue weighted by molar-refractivity contribution is 9.10. The summed E-state index contributed by atoms with van der Waals surface area (Å²) >= 11 is 3.04. The molecule has 0 aliphatic carbocycles. The molecule has 0 aliphatic heterocycles. The second-order valence-corrected chi connectivity index (χ2v) is 3.28. The van der Waals surface area contributed by atoms with Crippen molar-refractivity contribution in [2.75, 3.05) is 6.61 Å². The number of hydrogen-bond donors (Lipinski definition) is 0. The third-order valence-electron chi connectivity index (χ3n) is 1.50. The van der Waals surface area contributed by atoms with E-state index in [1.807, 2.05) is 0 Å². The number of hydrogen-bond acceptors (Lipinski definition) is 3. The number of nitrogens with zero attached hydrogens (tertiary/aromatic N) is 1. The average molecular weight is 264 g/mol. The van der Waals surface area contributed by atoms with E-state index < -0.39 is 16.4 Å². The molecule has 0 amide bonds. The quantitative estimate of drug-likeness (QED) is 0.623. The molecule has 1 rings (SSSR count). The van der Waals surface area contributed by atoms with E-state index in [0.29, 0.717) is 11.1 Å². The van der Waals surface area contributed by atoms with Crippen molar-refractivity contribution in [1.82, 2.24) is 0 Å². The maximum absolute atomic E-state index is 13.0. The zero-order valence-corrected chi connectivity index (χ0v) is 8.88. The smallest absolute Gasteiger partial charge is 0.308 e. The Morgan fingerprint density at radius 1 is 1.64 bits per heavy atom. The summed E-state index contributed by atoms with van der Waals surface area (Å²) in [6.45, 7) is 2.10. The summed E-state index contributed by atoms with van der Waals surface area (Å²) in [5, 5.41) is 10.4. The Labute approximate surface area is 88.0 Å². The summed E-state index contributed by atoms with van der Waals surface area (Å²) in [6, 6.07) is 2.08. The lowest BCUT2D eigenvalue weighted by Gasteiger charge is -2.05. The molecule has 0 unspecified atom stereocenters. The molecule has 76 valence electrons. The minimum Gasteiger partial charge on any atom is -0.492 e. The molecule has 0 aromatic heterocycles. The van der Waals surface area contributed by atoms with Gasteiger partial charge in [0.1, 0.15) is 5.75 Å². The van der Waals surface area contributed by atoms with Crippen LogP contribution in [0.5, 0.6) is 5.75 Å². The lowest BCUT2D eigenvalue weighted by molar-refractivity contribution is -0.387. The molecule has 0 N–H and O–H groups in total. The molecule has 0 radical (unpaired) electrons. The third-order valence-corrected chi connectivity index (χ3v) is 2.12. The maximum atomic E-state index is 13.0. The van der Waals surface area contributed by atoms with Gasteiger partial charge in [-0.2, -0.15) is 4.39 Å². The van der Waals surface area contributed by atoms with Gasteiger partial charge in [-0.15, -0.1) is 0 Å². The monoisotopic (exact) mass is 263 g/mol. The predicted octanol–water partition coefficient (Wildman–Crippen LogP) is 2.90. The first-order valence-corrected chi connectivity index (χ1v) is 4.61. The van der Waals surface area contributed by atoms with Gasteiger partial charge in [0.05, 0.1) is 22.1 Å². The number of benzene rings is 1. The number of rotatable bonds is 3. The topological polar surface area (TPSA) is 52.4 Å². The van der Waals surface area contributed by atoms with E-state index >= 15 is 0 Å². The molecule has 0 fully saturated rings. The van der Waals surface area contributed by atoms with Crippen LogP contribution in [0.15, 0.2) is 16.6 Å². The van der Waals surface area contributed by atoms with Crippen LogP contribution in [0.2, 0.25) is 0 Å². The Morgan fingerprint density at radius 3 is 2.79 bits per heavy atom. The third kappa shape index (κ3) is 2.20. The minimum atomic E-state index is -0.884. The van der Waals surface area contributed by atoms with E-state index in [-0.39, 0.29) is 5.75 Å². The molecule has 0 saturated carbocycles. The molecule has 0 atom stereocenters. The van der Waals surface area contributed by atoms with Crippen LogP contribution < -0.4 is 4.74 Å². The van der Waals surface area contributed by atoms with Gasteiger partial charge in [0.2, 0.25) is 5.82 Å². The minimum absolute atomic E-state index is 0.264. The molecule has 0 heterocycles. The first-order valence-electron chi connectivity index (χ1n) is 3.82. The van der Waals surface area contributed by atoms with E-state index in [2.05, 4.69) is 15.9 Å². The van der Waals surface area contributed by atoms with Gasteiger partial charge >= 0.3 is 5.69 Å². The molecule has 0 spiro atoms. The van der Waals surface area contributed by atoms with Gasteiger partial charge in [0.25, 0.3) is 0 Å². The molecule has 6 heteroatoms. The molecular weight excluding hydrogens is 257 g/mol. The number of ether oxygens (including phenoxy) is 1. The largest absolute Gasteiger partial charge is 0.492 e. The Kier molecular flexibility index (Phi) is 3.40. The second kappa shape index (κ2) is 4.36. The highest BCUT2D eigenvalue weighted by atomic mass is 79.9. The fourth-order valence-electron chi connectivity index (χ4n) is 0.924. The number of nitro groups is 1. The van der Waals surface area contributed by atoms with Crippen molar-refractivity contribution >= 4 is 21.6 Å². The maximum Gasteiger partial charge on any atom is 0.308 e. The summed E-state index contributed by atoms with van der Waals surface area (Å²) in [5.74, 6) is -0.620. The van der Waals surface area contributed by atoms with Crippen molar-refractivity contribution in [3.63, 3.8) is 0 Å². The highest BCUT2D eigenvalue weighted by Crippen LogP contribution is 2.31. The average Bonchev–Trinajstić information content (AvgIpc) is 2.09. The molecule has 14 heavy (non-hydrogen) atoms. The van der Waals surface area contributed by atoms with Gasteiger partial charge < -0.3 is 4.74 Å². The van der Waals surface area contributed by atoms with Gasteiger partial charge in [-0.25, -0.2) is 0 Å². The van der Waals surface area contributed by atoms with Crippen LogP contribution >= 0.6 is 15.9 Å². The molecule has 0 bridgehead atoms. The molecule has 4 nitrogen and oxygen atoms in total. The summed E-state index contributed by atoms with van der Waals surface area (Å²) in [5.41, 5.74) is -0.586. The Balaban J connectivity index is 3.20. The van der Waals surface area contributed by atoms with Crippen molar-refractivity contribution in [2.45, 2.75) is 6.92 Å². The second-order valence-electron chi connectivity index (χ2n) is 2.42. The lowest BCUT2D eigenvalue weighted by atomic mass is 10.3. The molecule has 1 aromatic carbocycles. The lowest BCUT2D eigenvalue weighted by Crippen LogP contribution is -1.97. The summed E-state index contributed by atoms with van der Waals surface area (Å²) in [6.07, 6.45) is 0. The van der Waals surface area contributed by atoms with E-state index in [1.165, 1.54) is 0 Å². The van der Waals surface area contributed by atoms with Crippen molar-refractivity contribution < 1.29 is 14.1 Å². The number of nitro benzene ring substituents is 1. The summed E-state index contributed by atoms with van der Waals surface area (Å²) in [7, 11) is 0. The van der Waals surface area contributed by atoms with Crippen LogP contribution in [0.3, 0.4) is 0 Å². The SMILES string of the molecule is CCOc1cc([N+](=O)[O-])c(F)cc1Br. The van der Waals surface area contributed by atoms with Crippen molar-refractivity contribution in [3.05, 3.63) is 32.5 Å². The molecular formula is C8H7BrFNO3. The molecule has 0 saturated heterocycles. The van der Waals surface area contributed by atoms with E-state index in [1.54, 1.807) is 6.92 Å². The number of halogens is 2. The fraction of sp³-hybridized carbons (Fsp3) is 0.250. The van der Waals surface area contributed by atoms with E-state index in [9.17, 15) is 14.5 Å². The van der Waals surface area contributed by atoms with Gasteiger partial charge in [-0.1, -0.05) is 0 Å². The van der Waals surface area contributed by atoms with E-state index in [4.69, 9.17) is 4.74 Å². The summed E-state index contributed by atoms with van der Waals surface area (Å²) in [4.78, 5) is 9.60. The molecule has 0 aliphatic rings. The first kappa shape index (κ1) is 10.9. The summed E-state index contributed by atoms with van der Waals surface area (Å²) < 4.78 is 18.4. The van der Waals surface area contributed by atoms with Gasteiger partial charge in [-0.3, -0.25) is 10.1 Å². The fourth-order valence-corrected chi connectivity index (χ4v) is 1.35. The first-order chi connectivity index (χ1) is 6.56. The van der Waals surface area contributed by atoms with Crippen molar-refractivity contribution in [3.8, 4) is 5.75 Å². The van der Waals surface area contributed by atoms with Crippen LogP contribution in [0.1, 0.15) is 6.92 Å². The van der Waals surface area contributed by atoms with Gasteiger partial charge in [-0.05, 0) is 28.9 Å². The van der Waals surface area contributed by atoms with Crippen LogP contribution in [0.25, 0.3) is 0 Å². The normalized spacial score (nSPS) is 9.93. The zero-order valence-electron chi connectivity index (χ0n) is 7.29. The zero-order chi connectivity index (χ0) is 10.7. The van der Waals surface area contributed by atoms with Gasteiger partial charge in [0.15, 0.2) is 0 Å². The van der Waals surface area contributed by atoms with Gasteiger partial charge in [0, 0.05) is 0 Å². The van der Waals surface area contributed by atoms with E-state index in [0.717, 1.165) is 12.1 Å². The highest BCUT2D eigenvalue weighted by Gasteiger charge is 2.17. The standard InChI is InChI=1S/C8H7BrFNO3/c1-2-14-8-4-7(11(12)13)6(10)3-5(8)9/h3-4H,2H2,1H3. The predicted molar refractivity (Wildman–Crippen MR) is 51.9 cm³/mol. The Hall–Kier alpha value is -1.17. The molecule has 1 aromatic rings. The Bertz CT molecular complexity index is 370. The van der Waals surface area contributed by atoms with Crippen LogP contribution in [-0.2, 0) is 0 Å².